The van der Waals surface area contributed by atoms with E-state index in [-0.39, 0.29) is 29.6 Å². The largest absolute Gasteiger partial charge is 0.481 e. The van der Waals surface area contributed by atoms with Crippen LogP contribution in [0.3, 0.4) is 0 Å². The molecule has 3 N–H and O–H groups in total. The third kappa shape index (κ3) is 3.25. The molecule has 6 nitrogen and oxygen atoms in total. The summed E-state index contributed by atoms with van der Waals surface area (Å²) in [4.78, 5) is 34.9. The number of carboxylic acids is 1. The minimum absolute atomic E-state index is 0.0242. The second-order valence-electron chi connectivity index (χ2n) is 6.07. The van der Waals surface area contributed by atoms with Gasteiger partial charge in [-0.3, -0.25) is 14.4 Å². The summed E-state index contributed by atoms with van der Waals surface area (Å²) in [6, 6.07) is 0. The first-order valence-corrected chi connectivity index (χ1v) is 7.38. The van der Waals surface area contributed by atoms with Crippen LogP contribution in [0.1, 0.15) is 20.3 Å². The number of carbonyl (C=O) groups excluding carboxylic acids is 2. The number of nitrogens with one attached hydrogen (secondary N) is 2. The van der Waals surface area contributed by atoms with Gasteiger partial charge in [-0.15, -0.1) is 0 Å². The topological polar surface area (TPSA) is 95.5 Å². The number of fused-ring (bicyclic) bond motifs is 2. The first-order chi connectivity index (χ1) is 9.91. The van der Waals surface area contributed by atoms with Crippen LogP contribution in [-0.4, -0.2) is 36.0 Å². The van der Waals surface area contributed by atoms with Crippen LogP contribution < -0.4 is 10.6 Å². The highest BCUT2D eigenvalue weighted by atomic mass is 16.4. The van der Waals surface area contributed by atoms with E-state index >= 15 is 0 Å². The van der Waals surface area contributed by atoms with E-state index in [0.717, 1.165) is 6.42 Å². The molecule has 0 heterocycles. The molecule has 2 amide bonds. The van der Waals surface area contributed by atoms with Crippen LogP contribution in [0, 0.1) is 29.6 Å². The summed E-state index contributed by atoms with van der Waals surface area (Å²) in [5.41, 5.74) is 0. The van der Waals surface area contributed by atoms with Gasteiger partial charge < -0.3 is 15.7 Å². The van der Waals surface area contributed by atoms with E-state index in [1.54, 1.807) is 13.8 Å². The monoisotopic (exact) mass is 294 g/mol. The first kappa shape index (κ1) is 15.5. The lowest BCUT2D eigenvalue weighted by Gasteiger charge is -2.23. The molecule has 0 saturated heterocycles. The first-order valence-electron chi connectivity index (χ1n) is 7.38. The minimum Gasteiger partial charge on any atom is -0.481 e. The summed E-state index contributed by atoms with van der Waals surface area (Å²) in [5, 5.41) is 14.7. The van der Waals surface area contributed by atoms with Gasteiger partial charge in [0.2, 0.25) is 11.8 Å². The van der Waals surface area contributed by atoms with Gasteiger partial charge in [-0.2, -0.15) is 0 Å². The maximum absolute atomic E-state index is 12.2. The van der Waals surface area contributed by atoms with Gasteiger partial charge in [0, 0.05) is 19.0 Å². The number of aliphatic carboxylic acids is 1. The summed E-state index contributed by atoms with van der Waals surface area (Å²) < 4.78 is 0. The Kier molecular flexibility index (Phi) is 4.65. The van der Waals surface area contributed by atoms with Crippen molar-refractivity contribution in [3.8, 4) is 0 Å². The summed E-state index contributed by atoms with van der Waals surface area (Å²) >= 11 is 0. The van der Waals surface area contributed by atoms with Gasteiger partial charge in [0.05, 0.1) is 11.8 Å². The Hall–Kier alpha value is -1.85. The average Bonchev–Trinajstić information content (AvgIpc) is 3.03. The number of rotatable bonds is 6. The average molecular weight is 294 g/mol. The Morgan fingerprint density at radius 3 is 2.24 bits per heavy atom. The molecule has 0 aromatic rings. The van der Waals surface area contributed by atoms with Crippen LogP contribution in [-0.2, 0) is 14.4 Å². The van der Waals surface area contributed by atoms with Gasteiger partial charge >= 0.3 is 5.97 Å². The van der Waals surface area contributed by atoms with Crippen LogP contribution in [0.15, 0.2) is 12.2 Å². The second-order valence-corrected chi connectivity index (χ2v) is 6.07. The zero-order valence-electron chi connectivity index (χ0n) is 12.3. The Morgan fingerprint density at radius 2 is 1.67 bits per heavy atom. The molecule has 0 aliphatic heterocycles. The third-order valence-electron chi connectivity index (χ3n) is 4.30. The van der Waals surface area contributed by atoms with E-state index in [9.17, 15) is 19.5 Å². The summed E-state index contributed by atoms with van der Waals surface area (Å²) in [6.45, 7) is 4.28. The van der Waals surface area contributed by atoms with E-state index in [1.165, 1.54) is 0 Å². The maximum Gasteiger partial charge on any atom is 0.307 e. The lowest BCUT2D eigenvalue weighted by Crippen LogP contribution is -2.43. The van der Waals surface area contributed by atoms with Crippen LogP contribution >= 0.6 is 0 Å². The number of amides is 2. The fourth-order valence-corrected chi connectivity index (χ4v) is 3.21. The molecule has 0 spiro atoms. The lowest BCUT2D eigenvalue weighted by atomic mass is 9.82. The molecule has 6 heteroatoms. The molecular formula is C15H22N2O4. The fourth-order valence-electron chi connectivity index (χ4n) is 3.21. The molecule has 2 aliphatic carbocycles. The molecule has 1 fully saturated rings. The van der Waals surface area contributed by atoms with E-state index < -0.39 is 17.8 Å². The lowest BCUT2D eigenvalue weighted by molar-refractivity contribution is -0.147. The van der Waals surface area contributed by atoms with Gasteiger partial charge in [0.25, 0.3) is 0 Å². The smallest absolute Gasteiger partial charge is 0.307 e. The maximum atomic E-state index is 12.2. The van der Waals surface area contributed by atoms with Crippen molar-refractivity contribution in [3.05, 3.63) is 12.2 Å². The zero-order valence-corrected chi connectivity index (χ0v) is 12.3. The fraction of sp³-hybridized carbons (Fsp3) is 0.667. The van der Waals surface area contributed by atoms with Crippen molar-refractivity contribution in [2.75, 3.05) is 13.1 Å². The molecule has 2 bridgehead atoms. The van der Waals surface area contributed by atoms with Crippen molar-refractivity contribution in [1.29, 1.82) is 0 Å². The molecule has 1 saturated carbocycles. The summed E-state index contributed by atoms with van der Waals surface area (Å²) in [5.74, 6) is -2.38. The van der Waals surface area contributed by atoms with Crippen molar-refractivity contribution >= 4 is 17.8 Å². The van der Waals surface area contributed by atoms with Gasteiger partial charge in [0.15, 0.2) is 0 Å². The molecule has 21 heavy (non-hydrogen) atoms. The standard InChI is InChI=1S/C15H22N2O4/c1-8(2)13(18)16-5-6-17-14(19)11-9-3-4-10(7-9)12(11)15(20)21/h3-4,8-12H,5-7H2,1-2H3,(H,16,18)(H,17,19)(H,20,21). The van der Waals surface area contributed by atoms with Crippen molar-refractivity contribution in [2.45, 2.75) is 20.3 Å². The molecular weight excluding hydrogens is 272 g/mol. The van der Waals surface area contributed by atoms with E-state index in [2.05, 4.69) is 10.6 Å². The van der Waals surface area contributed by atoms with Crippen LogP contribution in [0.4, 0.5) is 0 Å². The quantitative estimate of drug-likeness (QED) is 0.488. The van der Waals surface area contributed by atoms with Crippen LogP contribution in [0.5, 0.6) is 0 Å². The Morgan fingerprint density at radius 1 is 1.10 bits per heavy atom. The molecule has 116 valence electrons. The normalized spacial score (nSPS) is 29.7. The number of carboxylic acid groups (broad SMARTS) is 1. The highest BCUT2D eigenvalue weighted by Crippen LogP contribution is 2.48. The molecule has 2 rings (SSSR count). The van der Waals surface area contributed by atoms with Crippen LogP contribution in [0.2, 0.25) is 0 Å². The predicted molar refractivity (Wildman–Crippen MR) is 76.2 cm³/mol. The molecule has 4 unspecified atom stereocenters. The molecule has 0 aromatic carbocycles. The zero-order chi connectivity index (χ0) is 15.6. The van der Waals surface area contributed by atoms with Crippen molar-refractivity contribution in [2.24, 2.45) is 29.6 Å². The highest BCUT2D eigenvalue weighted by Gasteiger charge is 2.51. The summed E-state index contributed by atoms with van der Waals surface area (Å²) in [6.07, 6.45) is 4.62. The van der Waals surface area contributed by atoms with E-state index in [0.29, 0.717) is 13.1 Å². The van der Waals surface area contributed by atoms with Gasteiger partial charge in [-0.25, -0.2) is 0 Å². The SMILES string of the molecule is CC(C)C(=O)NCCNC(=O)C1C2C=CC(C2)C1C(=O)O. The number of hydrogen-bond donors (Lipinski definition) is 3. The Balaban J connectivity index is 1.82. The Bertz CT molecular complexity index is 472. The molecule has 2 aliphatic rings. The highest BCUT2D eigenvalue weighted by molar-refractivity contribution is 5.86. The predicted octanol–water partition coefficient (Wildman–Crippen LogP) is 0.398. The van der Waals surface area contributed by atoms with E-state index in [1.807, 2.05) is 12.2 Å². The number of hydrogen-bond acceptors (Lipinski definition) is 3. The van der Waals surface area contributed by atoms with E-state index in [4.69, 9.17) is 0 Å². The Labute approximate surface area is 124 Å². The van der Waals surface area contributed by atoms with Crippen molar-refractivity contribution < 1.29 is 19.5 Å². The summed E-state index contributed by atoms with van der Waals surface area (Å²) in [7, 11) is 0. The molecule has 4 atom stereocenters. The van der Waals surface area contributed by atoms with Gasteiger partial charge in [0.1, 0.15) is 0 Å². The molecule has 0 radical (unpaired) electrons. The minimum atomic E-state index is -0.903. The molecule has 0 aromatic heterocycles. The number of carbonyl (C=O) groups is 3. The third-order valence-corrected chi connectivity index (χ3v) is 4.30. The number of allylic oxidation sites excluding steroid dienone is 2. The van der Waals surface area contributed by atoms with Crippen molar-refractivity contribution in [3.63, 3.8) is 0 Å². The van der Waals surface area contributed by atoms with Gasteiger partial charge in [-0.05, 0) is 18.3 Å². The second kappa shape index (κ2) is 6.28. The van der Waals surface area contributed by atoms with Gasteiger partial charge in [-0.1, -0.05) is 26.0 Å². The van der Waals surface area contributed by atoms with Crippen molar-refractivity contribution in [1.82, 2.24) is 10.6 Å². The van der Waals surface area contributed by atoms with Crippen LogP contribution in [0.25, 0.3) is 0 Å².